The fourth-order valence-electron chi connectivity index (χ4n) is 4.52. The molecule has 0 aliphatic carbocycles. The fraction of sp³-hybridized carbons (Fsp3) is 0.455. The number of aliphatic hydroxyl groups excluding tert-OH is 1. The number of rotatable bonds is 4. The van der Waals surface area contributed by atoms with E-state index in [1.165, 1.54) is 0 Å². The Morgan fingerprint density at radius 3 is 2.62 bits per heavy atom. The molecule has 2 heterocycles. The molecule has 4 rings (SSSR count). The molecule has 2 saturated heterocycles. The number of fused-ring (bicyclic) bond motifs is 1. The van der Waals surface area contributed by atoms with E-state index < -0.39 is 11.8 Å². The normalized spacial score (nSPS) is 26.7. The van der Waals surface area contributed by atoms with Crippen molar-refractivity contribution >= 4 is 23.2 Å². The first kappa shape index (κ1) is 20.9. The zero-order chi connectivity index (χ0) is 20.6. The van der Waals surface area contributed by atoms with Crippen molar-refractivity contribution in [3.05, 3.63) is 63.6 Å². The average molecular weight is 437 g/mol. The number of aliphatic hydroxyl groups is 2. The smallest absolute Gasteiger partial charge is 0.137 e. The van der Waals surface area contributed by atoms with E-state index in [9.17, 15) is 10.2 Å². The number of hydrogen-bond donors (Lipinski definition) is 2. The van der Waals surface area contributed by atoms with Crippen LogP contribution in [0.15, 0.2) is 42.5 Å². The molecule has 0 amide bonds. The van der Waals surface area contributed by atoms with Gasteiger partial charge in [-0.2, -0.15) is 0 Å². The van der Waals surface area contributed by atoms with Crippen molar-refractivity contribution < 1.29 is 14.9 Å². The van der Waals surface area contributed by atoms with Crippen LogP contribution in [0.3, 0.4) is 0 Å². The maximum absolute atomic E-state index is 11.2. The minimum atomic E-state index is -0.863. The van der Waals surface area contributed by atoms with E-state index in [1.54, 1.807) is 13.2 Å². The topological polar surface area (TPSA) is 56.2 Å². The molecule has 1 unspecified atom stereocenters. The van der Waals surface area contributed by atoms with E-state index in [2.05, 4.69) is 9.80 Å². The van der Waals surface area contributed by atoms with Gasteiger partial charge in [0.1, 0.15) is 17.6 Å². The average Bonchev–Trinajstić information content (AvgIpc) is 2.73. The predicted octanol–water partition coefficient (Wildman–Crippen LogP) is 3.66. The molecule has 0 saturated carbocycles. The number of piperazine rings is 1. The molecule has 2 aromatic carbocycles. The van der Waals surface area contributed by atoms with Gasteiger partial charge in [0.2, 0.25) is 0 Å². The predicted molar refractivity (Wildman–Crippen MR) is 114 cm³/mol. The van der Waals surface area contributed by atoms with Crippen LogP contribution >= 0.6 is 23.2 Å². The summed E-state index contributed by atoms with van der Waals surface area (Å²) >= 11 is 12.4. The van der Waals surface area contributed by atoms with E-state index >= 15 is 0 Å². The van der Waals surface area contributed by atoms with E-state index in [0.717, 1.165) is 25.1 Å². The summed E-state index contributed by atoms with van der Waals surface area (Å²) in [6.45, 7) is 2.79. The van der Waals surface area contributed by atoms with Crippen molar-refractivity contribution in [1.82, 2.24) is 9.80 Å². The van der Waals surface area contributed by atoms with Crippen LogP contribution in [0.25, 0.3) is 0 Å². The Morgan fingerprint density at radius 2 is 1.90 bits per heavy atom. The van der Waals surface area contributed by atoms with Gasteiger partial charge in [-0.3, -0.25) is 9.80 Å². The number of piperidine rings is 1. The Bertz CT molecular complexity index is 864. The second-order valence-electron chi connectivity index (χ2n) is 7.93. The van der Waals surface area contributed by atoms with Gasteiger partial charge >= 0.3 is 0 Å². The summed E-state index contributed by atoms with van der Waals surface area (Å²) in [5.41, 5.74) is 0.705. The Balaban J connectivity index is 1.45. The Hall–Kier alpha value is -1.34. The van der Waals surface area contributed by atoms with Gasteiger partial charge in [0.05, 0.1) is 12.1 Å². The zero-order valence-corrected chi connectivity index (χ0v) is 17.9. The van der Waals surface area contributed by atoms with Crippen molar-refractivity contribution in [1.29, 1.82) is 0 Å². The molecule has 2 aliphatic heterocycles. The third kappa shape index (κ3) is 4.13. The quantitative estimate of drug-likeness (QED) is 0.765. The minimum absolute atomic E-state index is 0.287. The standard InChI is InChI=1S/C22H26Cl2N2O3/c1-29-19-4-2-3-18(20(19)24)21(27)25-11-12-26-14-22(28,10-9-17(26)13-25)15-5-7-16(23)8-6-15/h2-8,17,21,27-28H,9-14H2,1H3/t17-,21?,22+/m0/s1. The van der Waals surface area contributed by atoms with Gasteiger partial charge < -0.3 is 14.9 Å². The van der Waals surface area contributed by atoms with Gasteiger partial charge in [-0.05, 0) is 36.6 Å². The third-order valence-corrected chi connectivity index (χ3v) is 6.87. The molecule has 29 heavy (non-hydrogen) atoms. The minimum Gasteiger partial charge on any atom is -0.495 e. The van der Waals surface area contributed by atoms with Crippen molar-refractivity contribution in [2.24, 2.45) is 0 Å². The largest absolute Gasteiger partial charge is 0.495 e. The van der Waals surface area contributed by atoms with Crippen LogP contribution in [-0.2, 0) is 5.60 Å². The first-order valence-corrected chi connectivity index (χ1v) is 10.6. The van der Waals surface area contributed by atoms with Crippen molar-refractivity contribution in [3.63, 3.8) is 0 Å². The van der Waals surface area contributed by atoms with Crippen molar-refractivity contribution in [2.45, 2.75) is 30.7 Å². The molecule has 2 aromatic rings. The van der Waals surface area contributed by atoms with Crippen molar-refractivity contribution in [3.8, 4) is 5.75 Å². The molecule has 2 aliphatic rings. The van der Waals surface area contributed by atoms with E-state index in [-0.39, 0.29) is 6.04 Å². The van der Waals surface area contributed by atoms with Gasteiger partial charge in [-0.1, -0.05) is 47.5 Å². The van der Waals surface area contributed by atoms with Crippen LogP contribution in [-0.4, -0.2) is 59.3 Å². The van der Waals surface area contributed by atoms with Crippen LogP contribution in [0.1, 0.15) is 30.2 Å². The zero-order valence-electron chi connectivity index (χ0n) is 16.4. The van der Waals surface area contributed by atoms with Gasteiger partial charge in [0, 0.05) is 42.8 Å². The molecule has 5 nitrogen and oxygen atoms in total. The second kappa shape index (κ2) is 8.42. The first-order valence-electron chi connectivity index (χ1n) is 9.88. The molecule has 0 spiro atoms. The van der Waals surface area contributed by atoms with E-state index in [1.807, 2.05) is 36.4 Å². The summed E-state index contributed by atoms with van der Waals surface area (Å²) < 4.78 is 5.28. The number of nitrogens with zero attached hydrogens (tertiary/aromatic N) is 2. The second-order valence-corrected chi connectivity index (χ2v) is 8.75. The molecular formula is C22H26Cl2N2O3. The van der Waals surface area contributed by atoms with Crippen molar-refractivity contribution in [2.75, 3.05) is 33.3 Å². The third-order valence-electron chi connectivity index (χ3n) is 6.21. The van der Waals surface area contributed by atoms with Crippen LogP contribution < -0.4 is 4.74 Å². The summed E-state index contributed by atoms with van der Waals surface area (Å²) in [7, 11) is 1.57. The number of methoxy groups -OCH3 is 1. The van der Waals surface area contributed by atoms with E-state index in [4.69, 9.17) is 27.9 Å². The molecule has 7 heteroatoms. The SMILES string of the molecule is COc1cccc(C(O)N2CCN3C[C@@](O)(c4ccc(Cl)cc4)CC[C@H]3C2)c1Cl. The molecule has 0 bridgehead atoms. The highest BCUT2D eigenvalue weighted by atomic mass is 35.5. The molecule has 2 N–H and O–H groups in total. The lowest BCUT2D eigenvalue weighted by atomic mass is 9.82. The van der Waals surface area contributed by atoms with Crippen LogP contribution in [0.4, 0.5) is 0 Å². The summed E-state index contributed by atoms with van der Waals surface area (Å²) in [6, 6.07) is 13.2. The highest BCUT2D eigenvalue weighted by molar-refractivity contribution is 6.32. The van der Waals surface area contributed by atoms with Gasteiger partial charge in [-0.15, -0.1) is 0 Å². The van der Waals surface area contributed by atoms with Crippen LogP contribution in [0.5, 0.6) is 5.75 Å². The lowest BCUT2D eigenvalue weighted by molar-refractivity contribution is -0.104. The Labute approximate surface area is 181 Å². The molecular weight excluding hydrogens is 411 g/mol. The maximum atomic E-state index is 11.2. The number of hydrogen-bond acceptors (Lipinski definition) is 5. The Morgan fingerprint density at radius 1 is 1.14 bits per heavy atom. The summed E-state index contributed by atoms with van der Waals surface area (Å²) in [4.78, 5) is 4.38. The fourth-order valence-corrected chi connectivity index (χ4v) is 4.95. The summed E-state index contributed by atoms with van der Waals surface area (Å²) in [5, 5.41) is 23.3. The molecule has 3 atom stereocenters. The number of halogens is 2. The first-order chi connectivity index (χ1) is 13.9. The maximum Gasteiger partial charge on any atom is 0.137 e. The van der Waals surface area contributed by atoms with E-state index in [0.29, 0.717) is 40.9 Å². The monoisotopic (exact) mass is 436 g/mol. The van der Waals surface area contributed by atoms with Gasteiger partial charge in [-0.25, -0.2) is 0 Å². The van der Waals surface area contributed by atoms with Gasteiger partial charge in [0.25, 0.3) is 0 Å². The highest BCUT2D eigenvalue weighted by Crippen LogP contribution is 2.38. The number of ether oxygens (including phenoxy) is 1. The van der Waals surface area contributed by atoms with Gasteiger partial charge in [0.15, 0.2) is 0 Å². The van der Waals surface area contributed by atoms with Crippen LogP contribution in [0, 0.1) is 0 Å². The lowest BCUT2D eigenvalue weighted by Gasteiger charge is -2.50. The Kier molecular flexibility index (Phi) is 6.07. The molecule has 156 valence electrons. The summed E-state index contributed by atoms with van der Waals surface area (Å²) in [5.74, 6) is 0.563. The molecule has 0 aromatic heterocycles. The van der Waals surface area contributed by atoms with Crippen LogP contribution in [0.2, 0.25) is 10.0 Å². The lowest BCUT2D eigenvalue weighted by Crippen LogP contribution is -2.60. The summed E-state index contributed by atoms with van der Waals surface area (Å²) in [6.07, 6.45) is 0.755. The molecule has 2 fully saturated rings. The highest BCUT2D eigenvalue weighted by Gasteiger charge is 2.42. The molecule has 0 radical (unpaired) electrons. The number of benzene rings is 2.